The standard InChI is InChI=1S/C24H36N4O2/c29-23(27-17-15-26(16-18-27)19-20-7-2-1-3-8-20)12-13-25-24(30)28-14-6-10-21-9-4-5-11-22(21)28/h1-3,7-8,21-22H,4-6,9-19H2,(H,25,30). The largest absolute Gasteiger partial charge is 0.340 e. The predicted octanol–water partition coefficient (Wildman–Crippen LogP) is 3.09. The quantitative estimate of drug-likeness (QED) is 0.809. The molecule has 2 aliphatic heterocycles. The van der Waals surface area contributed by atoms with Gasteiger partial charge in [-0.25, -0.2) is 4.79 Å². The van der Waals surface area contributed by atoms with Crippen molar-refractivity contribution in [3.63, 3.8) is 0 Å². The summed E-state index contributed by atoms with van der Waals surface area (Å²) >= 11 is 0. The second-order valence-corrected chi connectivity index (χ2v) is 9.07. The van der Waals surface area contributed by atoms with E-state index in [0.29, 0.717) is 24.9 Å². The molecule has 3 amide bonds. The summed E-state index contributed by atoms with van der Waals surface area (Å²) < 4.78 is 0. The number of piperazine rings is 1. The number of hydrogen-bond acceptors (Lipinski definition) is 3. The number of urea groups is 1. The molecule has 6 heteroatoms. The highest BCUT2D eigenvalue weighted by Crippen LogP contribution is 2.35. The summed E-state index contributed by atoms with van der Waals surface area (Å²) in [5, 5.41) is 3.03. The first-order chi connectivity index (χ1) is 14.7. The van der Waals surface area contributed by atoms with Crippen molar-refractivity contribution in [3.05, 3.63) is 35.9 Å². The van der Waals surface area contributed by atoms with E-state index in [1.54, 1.807) is 0 Å². The van der Waals surface area contributed by atoms with Crippen LogP contribution in [-0.2, 0) is 11.3 Å². The number of benzene rings is 1. The minimum absolute atomic E-state index is 0.0343. The van der Waals surface area contributed by atoms with Crippen molar-refractivity contribution < 1.29 is 9.59 Å². The van der Waals surface area contributed by atoms with Crippen molar-refractivity contribution in [1.82, 2.24) is 20.0 Å². The molecule has 3 aliphatic rings. The number of likely N-dealkylation sites (tertiary alicyclic amines) is 1. The van der Waals surface area contributed by atoms with Gasteiger partial charge >= 0.3 is 6.03 Å². The summed E-state index contributed by atoms with van der Waals surface area (Å²) in [5.74, 6) is 0.843. The monoisotopic (exact) mass is 412 g/mol. The van der Waals surface area contributed by atoms with Gasteiger partial charge in [-0.15, -0.1) is 0 Å². The molecule has 30 heavy (non-hydrogen) atoms. The van der Waals surface area contributed by atoms with Crippen LogP contribution < -0.4 is 5.32 Å². The third-order valence-electron chi connectivity index (χ3n) is 7.09. The van der Waals surface area contributed by atoms with Crippen LogP contribution in [0.15, 0.2) is 30.3 Å². The lowest BCUT2D eigenvalue weighted by Crippen LogP contribution is -2.53. The van der Waals surface area contributed by atoms with E-state index in [2.05, 4.69) is 39.4 Å². The fraction of sp³-hybridized carbons (Fsp3) is 0.667. The normalized spacial score (nSPS) is 24.9. The van der Waals surface area contributed by atoms with E-state index < -0.39 is 0 Å². The molecular formula is C24H36N4O2. The smallest absolute Gasteiger partial charge is 0.317 e. The molecule has 164 valence electrons. The van der Waals surface area contributed by atoms with Crippen LogP contribution in [0.1, 0.15) is 50.5 Å². The molecule has 0 bridgehead atoms. The number of piperidine rings is 1. The van der Waals surface area contributed by atoms with Crippen LogP contribution in [0.2, 0.25) is 0 Å². The number of carbonyl (C=O) groups is 2. The second kappa shape index (κ2) is 10.3. The van der Waals surface area contributed by atoms with Crippen molar-refractivity contribution in [2.75, 3.05) is 39.3 Å². The number of carbonyl (C=O) groups excluding carboxylic acids is 2. The van der Waals surface area contributed by atoms with Crippen LogP contribution in [0.4, 0.5) is 4.79 Å². The van der Waals surface area contributed by atoms with Crippen LogP contribution in [0, 0.1) is 5.92 Å². The van der Waals surface area contributed by atoms with Gasteiger partial charge in [-0.2, -0.15) is 0 Å². The van der Waals surface area contributed by atoms with Crippen LogP contribution in [-0.4, -0.2) is 71.9 Å². The molecule has 3 fully saturated rings. The van der Waals surface area contributed by atoms with Gasteiger partial charge < -0.3 is 15.1 Å². The van der Waals surface area contributed by atoms with Crippen molar-refractivity contribution >= 4 is 11.9 Å². The summed E-state index contributed by atoms with van der Waals surface area (Å²) in [5.41, 5.74) is 1.32. The van der Waals surface area contributed by atoms with Gasteiger partial charge in [-0.05, 0) is 37.2 Å². The number of rotatable bonds is 5. The van der Waals surface area contributed by atoms with Crippen molar-refractivity contribution in [3.8, 4) is 0 Å². The Bertz CT molecular complexity index is 700. The summed E-state index contributed by atoms with van der Waals surface area (Å²) in [6, 6.07) is 10.9. The molecule has 4 rings (SSSR count). The Hall–Kier alpha value is -2.08. The van der Waals surface area contributed by atoms with Crippen molar-refractivity contribution in [2.45, 2.75) is 57.5 Å². The summed E-state index contributed by atoms with van der Waals surface area (Å²) in [7, 11) is 0. The lowest BCUT2D eigenvalue weighted by Gasteiger charge is -2.44. The lowest BCUT2D eigenvalue weighted by molar-refractivity contribution is -0.132. The lowest BCUT2D eigenvalue weighted by atomic mass is 9.78. The highest BCUT2D eigenvalue weighted by molar-refractivity contribution is 5.78. The Kier molecular flexibility index (Phi) is 7.26. The van der Waals surface area contributed by atoms with E-state index in [1.165, 1.54) is 31.2 Å². The van der Waals surface area contributed by atoms with Crippen molar-refractivity contribution in [2.24, 2.45) is 5.92 Å². The minimum atomic E-state index is 0.0343. The topological polar surface area (TPSA) is 55.9 Å². The Morgan fingerprint density at radius 3 is 2.43 bits per heavy atom. The van der Waals surface area contributed by atoms with E-state index in [1.807, 2.05) is 11.0 Å². The molecule has 0 aromatic heterocycles. The molecule has 6 nitrogen and oxygen atoms in total. The number of nitrogens with zero attached hydrogens (tertiary/aromatic N) is 3. The van der Waals surface area contributed by atoms with E-state index in [9.17, 15) is 9.59 Å². The van der Waals surface area contributed by atoms with Gasteiger partial charge in [0.25, 0.3) is 0 Å². The van der Waals surface area contributed by atoms with Gasteiger partial charge in [0.1, 0.15) is 0 Å². The maximum atomic E-state index is 12.7. The minimum Gasteiger partial charge on any atom is -0.340 e. The van der Waals surface area contributed by atoms with Crippen LogP contribution in [0.25, 0.3) is 0 Å². The van der Waals surface area contributed by atoms with Gasteiger partial charge in [0, 0.05) is 58.3 Å². The van der Waals surface area contributed by atoms with Gasteiger partial charge in [0.2, 0.25) is 5.91 Å². The third kappa shape index (κ3) is 5.34. The second-order valence-electron chi connectivity index (χ2n) is 9.07. The number of fused-ring (bicyclic) bond motifs is 1. The van der Waals surface area contributed by atoms with E-state index >= 15 is 0 Å². The molecule has 1 aliphatic carbocycles. The van der Waals surface area contributed by atoms with Gasteiger partial charge in [0.05, 0.1) is 0 Å². The van der Waals surface area contributed by atoms with Crippen LogP contribution in [0.3, 0.4) is 0 Å². The molecule has 0 radical (unpaired) electrons. The molecule has 1 aromatic carbocycles. The van der Waals surface area contributed by atoms with Crippen LogP contribution >= 0.6 is 0 Å². The Morgan fingerprint density at radius 1 is 0.900 bits per heavy atom. The highest BCUT2D eigenvalue weighted by atomic mass is 16.2. The molecule has 1 saturated carbocycles. The predicted molar refractivity (Wildman–Crippen MR) is 118 cm³/mol. The maximum absolute atomic E-state index is 12.7. The molecular weight excluding hydrogens is 376 g/mol. The average molecular weight is 413 g/mol. The average Bonchev–Trinajstić information content (AvgIpc) is 2.79. The molecule has 1 aromatic rings. The molecule has 2 saturated heterocycles. The van der Waals surface area contributed by atoms with Gasteiger partial charge in [-0.3, -0.25) is 9.69 Å². The van der Waals surface area contributed by atoms with Gasteiger partial charge in [0.15, 0.2) is 0 Å². The molecule has 1 N–H and O–H groups in total. The zero-order valence-corrected chi connectivity index (χ0v) is 18.1. The van der Waals surface area contributed by atoms with Gasteiger partial charge in [-0.1, -0.05) is 43.2 Å². The summed E-state index contributed by atoms with van der Waals surface area (Å²) in [6.07, 6.45) is 7.73. The Morgan fingerprint density at radius 2 is 1.63 bits per heavy atom. The van der Waals surface area contributed by atoms with E-state index in [0.717, 1.165) is 52.1 Å². The Labute approximate surface area is 180 Å². The third-order valence-corrected chi connectivity index (χ3v) is 7.09. The molecule has 2 atom stereocenters. The number of nitrogens with one attached hydrogen (secondary N) is 1. The Balaban J connectivity index is 1.16. The summed E-state index contributed by atoms with van der Waals surface area (Å²) in [4.78, 5) is 31.7. The molecule has 2 heterocycles. The zero-order valence-electron chi connectivity index (χ0n) is 18.1. The maximum Gasteiger partial charge on any atom is 0.317 e. The zero-order chi connectivity index (χ0) is 20.8. The molecule has 2 unspecified atom stereocenters. The van der Waals surface area contributed by atoms with Crippen molar-refractivity contribution in [1.29, 1.82) is 0 Å². The first kappa shape index (κ1) is 21.2. The molecule has 0 spiro atoms. The first-order valence-corrected chi connectivity index (χ1v) is 11.8. The SMILES string of the molecule is O=C(CCNC(=O)N1CCCC2CCCCC21)N1CCN(Cc2ccccc2)CC1. The number of hydrogen-bond donors (Lipinski definition) is 1. The summed E-state index contributed by atoms with van der Waals surface area (Å²) in [6.45, 7) is 5.61. The number of amides is 3. The highest BCUT2D eigenvalue weighted by Gasteiger charge is 2.35. The fourth-order valence-electron chi connectivity index (χ4n) is 5.41. The van der Waals surface area contributed by atoms with Crippen LogP contribution in [0.5, 0.6) is 0 Å². The van der Waals surface area contributed by atoms with E-state index in [4.69, 9.17) is 0 Å². The van der Waals surface area contributed by atoms with E-state index in [-0.39, 0.29) is 11.9 Å². The first-order valence-electron chi connectivity index (χ1n) is 11.8. The fourth-order valence-corrected chi connectivity index (χ4v) is 5.41.